The van der Waals surface area contributed by atoms with Gasteiger partial charge >= 0.3 is 0 Å². The van der Waals surface area contributed by atoms with Gasteiger partial charge in [0.05, 0.1) is 5.69 Å². The average Bonchev–Trinajstić information content (AvgIpc) is 2.77. The SMILES string of the molecule is Cc1noc(NS(=O)(=O)c2cncc(C#CCO)c2)c1C. The summed E-state index contributed by atoms with van der Waals surface area (Å²) in [6.45, 7) is 3.10. The van der Waals surface area contributed by atoms with Gasteiger partial charge in [0.2, 0.25) is 5.88 Å². The number of sulfonamides is 1. The topological polar surface area (TPSA) is 105 Å². The molecule has 0 fully saturated rings. The Balaban J connectivity index is 2.33. The summed E-state index contributed by atoms with van der Waals surface area (Å²) < 4.78 is 31.7. The molecule has 21 heavy (non-hydrogen) atoms. The maximum Gasteiger partial charge on any atom is 0.265 e. The van der Waals surface area contributed by atoms with Gasteiger partial charge in [-0.25, -0.2) is 13.1 Å². The van der Waals surface area contributed by atoms with Crippen LogP contribution in [0.15, 0.2) is 27.9 Å². The number of aliphatic hydroxyl groups excluding tert-OH is 1. The monoisotopic (exact) mass is 307 g/mol. The molecule has 0 saturated carbocycles. The molecular weight excluding hydrogens is 294 g/mol. The zero-order valence-electron chi connectivity index (χ0n) is 11.4. The van der Waals surface area contributed by atoms with Crippen molar-refractivity contribution >= 4 is 15.9 Å². The Kier molecular flexibility index (Phi) is 4.26. The molecule has 0 aliphatic rings. The molecular formula is C13H13N3O4S. The zero-order chi connectivity index (χ0) is 15.5. The van der Waals surface area contributed by atoms with Gasteiger partial charge in [0.15, 0.2) is 0 Å². The Morgan fingerprint density at radius 2 is 2.14 bits per heavy atom. The predicted octanol–water partition coefficient (Wildman–Crippen LogP) is 0.831. The van der Waals surface area contributed by atoms with Crippen LogP contribution >= 0.6 is 0 Å². The number of hydrogen-bond acceptors (Lipinski definition) is 6. The molecule has 0 unspecified atom stereocenters. The second-order valence-electron chi connectivity index (χ2n) is 4.20. The highest BCUT2D eigenvalue weighted by molar-refractivity contribution is 7.92. The summed E-state index contributed by atoms with van der Waals surface area (Å²) in [5, 5.41) is 12.3. The van der Waals surface area contributed by atoms with Crippen molar-refractivity contribution in [3.8, 4) is 11.8 Å². The van der Waals surface area contributed by atoms with E-state index in [0.717, 1.165) is 0 Å². The molecule has 8 heteroatoms. The first kappa shape index (κ1) is 15.0. The lowest BCUT2D eigenvalue weighted by atomic mass is 10.3. The quantitative estimate of drug-likeness (QED) is 0.814. The van der Waals surface area contributed by atoms with Gasteiger partial charge in [-0.15, -0.1) is 0 Å². The molecule has 0 aliphatic carbocycles. The number of pyridine rings is 1. The molecule has 2 rings (SSSR count). The minimum atomic E-state index is -3.85. The van der Waals surface area contributed by atoms with E-state index in [9.17, 15) is 8.42 Å². The molecule has 0 atom stereocenters. The molecule has 2 heterocycles. The number of hydrogen-bond donors (Lipinski definition) is 2. The highest BCUT2D eigenvalue weighted by Gasteiger charge is 2.19. The third-order valence-electron chi connectivity index (χ3n) is 2.72. The van der Waals surface area contributed by atoms with Gasteiger partial charge in [0.25, 0.3) is 10.0 Å². The predicted molar refractivity (Wildman–Crippen MR) is 75.0 cm³/mol. The van der Waals surface area contributed by atoms with E-state index in [1.54, 1.807) is 13.8 Å². The second kappa shape index (κ2) is 5.95. The van der Waals surface area contributed by atoms with Crippen molar-refractivity contribution < 1.29 is 18.0 Å². The van der Waals surface area contributed by atoms with Crippen LogP contribution in [0.5, 0.6) is 0 Å². The lowest BCUT2D eigenvalue weighted by Crippen LogP contribution is -2.13. The number of nitrogens with one attached hydrogen (secondary N) is 1. The van der Waals surface area contributed by atoms with Crippen LogP contribution in [0.4, 0.5) is 5.88 Å². The van der Waals surface area contributed by atoms with E-state index in [1.165, 1.54) is 18.5 Å². The maximum absolute atomic E-state index is 12.3. The van der Waals surface area contributed by atoms with Crippen molar-refractivity contribution in [2.45, 2.75) is 18.7 Å². The molecule has 2 N–H and O–H groups in total. The van der Waals surface area contributed by atoms with E-state index in [-0.39, 0.29) is 17.4 Å². The van der Waals surface area contributed by atoms with Crippen molar-refractivity contribution in [3.05, 3.63) is 35.3 Å². The minimum absolute atomic E-state index is 0.0549. The van der Waals surface area contributed by atoms with Crippen molar-refractivity contribution in [1.29, 1.82) is 0 Å². The second-order valence-corrected chi connectivity index (χ2v) is 5.88. The Morgan fingerprint density at radius 1 is 1.38 bits per heavy atom. The first-order valence-electron chi connectivity index (χ1n) is 5.94. The van der Waals surface area contributed by atoms with Gasteiger partial charge in [-0.3, -0.25) is 4.98 Å². The lowest BCUT2D eigenvalue weighted by molar-refractivity contribution is 0.350. The summed E-state index contributed by atoms with van der Waals surface area (Å²) in [5.41, 5.74) is 1.61. The van der Waals surface area contributed by atoms with Crippen LogP contribution in [0.3, 0.4) is 0 Å². The fourth-order valence-electron chi connectivity index (χ4n) is 1.47. The number of aromatic nitrogens is 2. The van der Waals surface area contributed by atoms with Gasteiger partial charge in [0.1, 0.15) is 11.5 Å². The average molecular weight is 307 g/mol. The fraction of sp³-hybridized carbons (Fsp3) is 0.231. The largest absolute Gasteiger partial charge is 0.384 e. The van der Waals surface area contributed by atoms with Crippen LogP contribution in [0, 0.1) is 25.7 Å². The summed E-state index contributed by atoms with van der Waals surface area (Å²) in [5.74, 6) is 5.09. The van der Waals surface area contributed by atoms with Gasteiger partial charge < -0.3 is 9.63 Å². The van der Waals surface area contributed by atoms with Gasteiger partial charge in [0, 0.05) is 23.5 Å². The van der Waals surface area contributed by atoms with Crippen molar-refractivity contribution in [3.63, 3.8) is 0 Å². The first-order valence-corrected chi connectivity index (χ1v) is 7.43. The summed E-state index contributed by atoms with van der Waals surface area (Å²) in [4.78, 5) is 3.77. The highest BCUT2D eigenvalue weighted by atomic mass is 32.2. The third-order valence-corrected chi connectivity index (χ3v) is 4.02. The van der Waals surface area contributed by atoms with Crippen LogP contribution < -0.4 is 4.72 Å². The molecule has 0 aliphatic heterocycles. The summed E-state index contributed by atoms with van der Waals surface area (Å²) >= 11 is 0. The van der Waals surface area contributed by atoms with E-state index in [1.807, 2.05) is 0 Å². The van der Waals surface area contributed by atoms with Crippen LogP contribution in [0.2, 0.25) is 0 Å². The maximum atomic E-state index is 12.3. The molecule has 0 spiro atoms. The molecule has 110 valence electrons. The van der Waals surface area contributed by atoms with E-state index in [2.05, 4.69) is 26.7 Å². The number of aryl methyl sites for hydroxylation is 1. The van der Waals surface area contributed by atoms with E-state index in [0.29, 0.717) is 16.8 Å². The lowest BCUT2D eigenvalue weighted by Gasteiger charge is -2.05. The smallest absolute Gasteiger partial charge is 0.265 e. The number of rotatable bonds is 3. The Bertz CT molecular complexity index is 815. The van der Waals surface area contributed by atoms with Crippen LogP contribution in [-0.2, 0) is 10.0 Å². The Labute approximate surface area is 122 Å². The summed E-state index contributed by atoms with van der Waals surface area (Å²) in [7, 11) is -3.85. The number of nitrogens with zero attached hydrogens (tertiary/aromatic N) is 2. The van der Waals surface area contributed by atoms with E-state index in [4.69, 9.17) is 9.63 Å². The van der Waals surface area contributed by atoms with Gasteiger partial charge in [-0.2, -0.15) is 0 Å². The van der Waals surface area contributed by atoms with Gasteiger partial charge in [-0.1, -0.05) is 17.0 Å². The molecule has 0 saturated heterocycles. The molecule has 0 aromatic carbocycles. The Hall–Kier alpha value is -2.37. The van der Waals surface area contributed by atoms with Crippen molar-refractivity contribution in [2.75, 3.05) is 11.3 Å². The van der Waals surface area contributed by atoms with Crippen molar-refractivity contribution in [1.82, 2.24) is 10.1 Å². The molecule has 0 bridgehead atoms. The van der Waals surface area contributed by atoms with E-state index >= 15 is 0 Å². The number of aliphatic hydroxyl groups is 1. The van der Waals surface area contributed by atoms with Gasteiger partial charge in [-0.05, 0) is 19.9 Å². The normalized spacial score (nSPS) is 10.8. The van der Waals surface area contributed by atoms with Crippen LogP contribution in [0.1, 0.15) is 16.8 Å². The number of anilines is 1. The summed E-state index contributed by atoms with van der Waals surface area (Å²) in [6.07, 6.45) is 2.61. The third kappa shape index (κ3) is 3.39. The zero-order valence-corrected chi connectivity index (χ0v) is 12.2. The molecule has 0 amide bonds. The fourth-order valence-corrected chi connectivity index (χ4v) is 2.50. The molecule has 2 aromatic rings. The molecule has 7 nitrogen and oxygen atoms in total. The van der Waals surface area contributed by atoms with Crippen LogP contribution in [0.25, 0.3) is 0 Å². The van der Waals surface area contributed by atoms with E-state index < -0.39 is 10.0 Å². The molecule has 0 radical (unpaired) electrons. The first-order chi connectivity index (χ1) is 9.94. The van der Waals surface area contributed by atoms with Crippen LogP contribution in [-0.4, -0.2) is 30.3 Å². The standard InChI is InChI=1S/C13H13N3O4S/c1-9-10(2)15-20-13(9)16-21(18,19)12-6-11(4-3-5-17)7-14-8-12/h6-8,16-17H,5H2,1-2H3. The highest BCUT2D eigenvalue weighted by Crippen LogP contribution is 2.21. The minimum Gasteiger partial charge on any atom is -0.384 e. The Morgan fingerprint density at radius 3 is 2.76 bits per heavy atom. The van der Waals surface area contributed by atoms with Crippen molar-refractivity contribution in [2.24, 2.45) is 0 Å². The summed E-state index contributed by atoms with van der Waals surface area (Å²) in [6, 6.07) is 1.36. The molecule has 2 aromatic heterocycles.